The molecule has 0 unspecified atom stereocenters. The molecule has 21 heavy (non-hydrogen) atoms. The van der Waals surface area contributed by atoms with Crippen molar-refractivity contribution in [3.63, 3.8) is 0 Å². The van der Waals surface area contributed by atoms with Gasteiger partial charge in [0.2, 0.25) is 0 Å². The predicted molar refractivity (Wildman–Crippen MR) is 74.7 cm³/mol. The molecular weight excluding hydrogens is 282 g/mol. The maximum absolute atomic E-state index is 12.8. The Morgan fingerprint density at radius 2 is 1.62 bits per heavy atom. The van der Waals surface area contributed by atoms with Gasteiger partial charge in [0.05, 0.1) is 5.56 Å². The lowest BCUT2D eigenvalue weighted by Crippen LogP contribution is -2.07. The molecule has 2 aromatic rings. The Morgan fingerprint density at radius 1 is 0.952 bits per heavy atom. The molecule has 0 aliphatic heterocycles. The molecule has 0 saturated carbocycles. The fourth-order valence-electron chi connectivity index (χ4n) is 2.19. The number of anilines is 1. The average Bonchev–Trinajstić information content (AvgIpc) is 2.41. The molecule has 0 spiro atoms. The number of alkyl halides is 4. The van der Waals surface area contributed by atoms with Crippen molar-refractivity contribution < 1.29 is 17.6 Å². The number of rotatable bonds is 3. The molecule has 0 amide bonds. The first-order valence-corrected chi connectivity index (χ1v) is 6.40. The second-order valence-corrected chi connectivity index (χ2v) is 5.04. The molecule has 0 heterocycles. The van der Waals surface area contributed by atoms with Crippen LogP contribution in [0, 0.1) is 6.92 Å². The Labute approximate surface area is 120 Å². The van der Waals surface area contributed by atoms with Gasteiger partial charge in [-0.05, 0) is 53.8 Å². The van der Waals surface area contributed by atoms with Crippen molar-refractivity contribution in [1.82, 2.24) is 0 Å². The van der Waals surface area contributed by atoms with Gasteiger partial charge in [0, 0.05) is 5.69 Å². The minimum absolute atomic E-state index is 0.0343. The molecule has 112 valence electrons. The van der Waals surface area contributed by atoms with Gasteiger partial charge in [-0.1, -0.05) is 18.2 Å². The van der Waals surface area contributed by atoms with Crippen LogP contribution in [-0.2, 0) is 19.3 Å². The van der Waals surface area contributed by atoms with Crippen molar-refractivity contribution in [1.29, 1.82) is 0 Å². The highest BCUT2D eigenvalue weighted by Gasteiger charge is 2.31. The maximum Gasteiger partial charge on any atom is 0.416 e. The largest absolute Gasteiger partial charge is 0.416 e. The van der Waals surface area contributed by atoms with Crippen molar-refractivity contribution in [2.45, 2.75) is 26.2 Å². The second kappa shape index (κ2) is 5.76. The summed E-state index contributed by atoms with van der Waals surface area (Å²) in [7, 11) is 0. The van der Waals surface area contributed by atoms with Crippen LogP contribution >= 0.6 is 0 Å². The lowest BCUT2D eigenvalue weighted by atomic mass is 9.98. The van der Waals surface area contributed by atoms with E-state index >= 15 is 0 Å². The first-order chi connectivity index (χ1) is 9.79. The zero-order chi connectivity index (χ0) is 15.6. The van der Waals surface area contributed by atoms with Crippen LogP contribution in [0.5, 0.6) is 0 Å². The Hall–Kier alpha value is -2.04. The summed E-state index contributed by atoms with van der Waals surface area (Å²) in [6.45, 7) is 0.912. The molecule has 0 bridgehead atoms. The summed E-state index contributed by atoms with van der Waals surface area (Å²) in [5.41, 5.74) is 7.69. The minimum atomic E-state index is -4.48. The van der Waals surface area contributed by atoms with Crippen molar-refractivity contribution in [3.05, 3.63) is 64.2 Å². The topological polar surface area (TPSA) is 26.0 Å². The van der Waals surface area contributed by atoms with E-state index in [0.29, 0.717) is 17.7 Å². The van der Waals surface area contributed by atoms with Crippen LogP contribution in [0.2, 0.25) is 0 Å². The van der Waals surface area contributed by atoms with Gasteiger partial charge in [0.1, 0.15) is 6.67 Å². The standard InChI is InChI=1S/C16H15F4N/c1-10-4-11(2-3-15(10)21)5-12-6-13(9-17)8-14(7-12)16(18,19)20/h2-4,6-8H,5,9,21H2,1H3. The van der Waals surface area contributed by atoms with Gasteiger partial charge in [-0.15, -0.1) is 0 Å². The van der Waals surface area contributed by atoms with Gasteiger partial charge in [-0.3, -0.25) is 0 Å². The number of nitrogen functional groups attached to an aromatic ring is 1. The van der Waals surface area contributed by atoms with E-state index in [0.717, 1.165) is 23.3 Å². The third-order valence-corrected chi connectivity index (χ3v) is 3.28. The van der Waals surface area contributed by atoms with Gasteiger partial charge >= 0.3 is 6.18 Å². The van der Waals surface area contributed by atoms with Crippen LogP contribution in [-0.4, -0.2) is 0 Å². The summed E-state index contributed by atoms with van der Waals surface area (Å²) >= 11 is 0. The number of benzene rings is 2. The van der Waals surface area contributed by atoms with Crippen molar-refractivity contribution in [2.24, 2.45) is 0 Å². The molecule has 5 heteroatoms. The van der Waals surface area contributed by atoms with E-state index < -0.39 is 18.4 Å². The zero-order valence-electron chi connectivity index (χ0n) is 11.5. The van der Waals surface area contributed by atoms with E-state index in [1.54, 1.807) is 12.1 Å². The fourth-order valence-corrected chi connectivity index (χ4v) is 2.19. The summed E-state index contributed by atoms with van der Waals surface area (Å²) in [5.74, 6) is 0. The van der Waals surface area contributed by atoms with Gasteiger partial charge in [-0.2, -0.15) is 13.2 Å². The number of nitrogens with two attached hydrogens (primary N) is 1. The number of hydrogen-bond donors (Lipinski definition) is 1. The Morgan fingerprint density at radius 3 is 2.19 bits per heavy atom. The van der Waals surface area contributed by atoms with Gasteiger partial charge in [0.25, 0.3) is 0 Å². The normalized spacial score (nSPS) is 11.7. The molecule has 0 aliphatic rings. The summed E-state index contributed by atoms with van der Waals surface area (Å²) in [5, 5.41) is 0. The van der Waals surface area contributed by atoms with Crippen LogP contribution < -0.4 is 5.73 Å². The van der Waals surface area contributed by atoms with E-state index in [4.69, 9.17) is 5.73 Å². The molecule has 0 saturated heterocycles. The highest BCUT2D eigenvalue weighted by Crippen LogP contribution is 2.31. The zero-order valence-corrected chi connectivity index (χ0v) is 11.5. The summed E-state index contributed by atoms with van der Waals surface area (Å²) < 4.78 is 51.1. The Kier molecular flexibility index (Phi) is 4.21. The van der Waals surface area contributed by atoms with Crippen LogP contribution in [0.15, 0.2) is 36.4 Å². The van der Waals surface area contributed by atoms with Crippen LogP contribution in [0.1, 0.15) is 27.8 Å². The number of aryl methyl sites for hydroxylation is 1. The van der Waals surface area contributed by atoms with E-state index in [1.807, 2.05) is 13.0 Å². The molecule has 1 nitrogen and oxygen atoms in total. The molecule has 0 aliphatic carbocycles. The van der Waals surface area contributed by atoms with Crippen molar-refractivity contribution in [2.75, 3.05) is 5.73 Å². The molecule has 2 rings (SSSR count). The predicted octanol–water partition coefficient (Wildman–Crippen LogP) is 4.66. The highest BCUT2D eigenvalue weighted by molar-refractivity contribution is 5.48. The SMILES string of the molecule is Cc1cc(Cc2cc(CF)cc(C(F)(F)F)c2)ccc1N. The van der Waals surface area contributed by atoms with Gasteiger partial charge < -0.3 is 5.73 Å². The third-order valence-electron chi connectivity index (χ3n) is 3.28. The first kappa shape index (κ1) is 15.4. The minimum Gasteiger partial charge on any atom is -0.399 e. The molecule has 0 radical (unpaired) electrons. The molecule has 0 aromatic heterocycles. The second-order valence-electron chi connectivity index (χ2n) is 5.04. The summed E-state index contributed by atoms with van der Waals surface area (Å²) in [6.07, 6.45) is -4.17. The molecular formula is C16H15F4N. The smallest absolute Gasteiger partial charge is 0.399 e. The quantitative estimate of drug-likeness (QED) is 0.647. The van der Waals surface area contributed by atoms with Crippen LogP contribution in [0.25, 0.3) is 0 Å². The number of hydrogen-bond acceptors (Lipinski definition) is 1. The summed E-state index contributed by atoms with van der Waals surface area (Å²) in [4.78, 5) is 0. The third kappa shape index (κ3) is 3.74. The number of halogens is 4. The fraction of sp³-hybridized carbons (Fsp3) is 0.250. The lowest BCUT2D eigenvalue weighted by Gasteiger charge is -2.12. The Balaban J connectivity index is 2.36. The average molecular weight is 297 g/mol. The van der Waals surface area contributed by atoms with E-state index in [9.17, 15) is 17.6 Å². The molecule has 0 fully saturated rings. The monoisotopic (exact) mass is 297 g/mol. The van der Waals surface area contributed by atoms with Gasteiger partial charge in [-0.25, -0.2) is 4.39 Å². The summed E-state index contributed by atoms with van der Waals surface area (Å²) in [6, 6.07) is 8.67. The van der Waals surface area contributed by atoms with Crippen LogP contribution in [0.3, 0.4) is 0 Å². The van der Waals surface area contributed by atoms with Crippen LogP contribution in [0.4, 0.5) is 23.2 Å². The molecule has 0 atom stereocenters. The van der Waals surface area contributed by atoms with Crippen molar-refractivity contribution in [3.8, 4) is 0 Å². The first-order valence-electron chi connectivity index (χ1n) is 6.40. The maximum atomic E-state index is 12.8. The lowest BCUT2D eigenvalue weighted by molar-refractivity contribution is -0.137. The molecule has 2 aromatic carbocycles. The molecule has 2 N–H and O–H groups in total. The van der Waals surface area contributed by atoms with E-state index in [-0.39, 0.29) is 5.56 Å². The van der Waals surface area contributed by atoms with Crippen molar-refractivity contribution >= 4 is 5.69 Å². The Bertz CT molecular complexity index is 647. The van der Waals surface area contributed by atoms with E-state index in [1.165, 1.54) is 6.07 Å². The highest BCUT2D eigenvalue weighted by atomic mass is 19.4. The van der Waals surface area contributed by atoms with Gasteiger partial charge in [0.15, 0.2) is 0 Å². The van der Waals surface area contributed by atoms with E-state index in [2.05, 4.69) is 0 Å².